The highest BCUT2D eigenvalue weighted by atomic mass is 15.2. The smallest absolute Gasteiger partial charge is 0.0271 e. The second-order valence-electron chi connectivity index (χ2n) is 7.96. The number of rotatable bonds is 4. The van der Waals surface area contributed by atoms with E-state index in [9.17, 15) is 0 Å². The van der Waals surface area contributed by atoms with Gasteiger partial charge in [-0.1, -0.05) is 47.0 Å². The van der Waals surface area contributed by atoms with Gasteiger partial charge in [0.2, 0.25) is 0 Å². The Kier molecular flexibility index (Phi) is 5.18. The Labute approximate surface area is 126 Å². The summed E-state index contributed by atoms with van der Waals surface area (Å²) in [5, 5.41) is 3.65. The van der Waals surface area contributed by atoms with Gasteiger partial charge in [0, 0.05) is 12.1 Å². The predicted octanol–water partition coefficient (Wildman–Crippen LogP) is 4.06. The molecule has 0 amide bonds. The van der Waals surface area contributed by atoms with Crippen LogP contribution in [0.1, 0.15) is 72.6 Å². The minimum absolute atomic E-state index is 0.446. The Morgan fingerprint density at radius 2 is 1.65 bits per heavy atom. The first-order chi connectivity index (χ1) is 9.48. The highest BCUT2D eigenvalue weighted by molar-refractivity contribution is 4.99. The lowest BCUT2D eigenvalue weighted by Gasteiger charge is -2.51. The topological polar surface area (TPSA) is 15.3 Å². The van der Waals surface area contributed by atoms with Crippen LogP contribution in [0.2, 0.25) is 0 Å². The van der Waals surface area contributed by atoms with Crippen molar-refractivity contribution >= 4 is 0 Å². The van der Waals surface area contributed by atoms with Crippen LogP contribution < -0.4 is 5.32 Å². The monoisotopic (exact) mass is 280 g/mol. The summed E-state index contributed by atoms with van der Waals surface area (Å²) < 4.78 is 0. The molecule has 0 bridgehead atoms. The number of nitrogens with one attached hydrogen (secondary N) is 1. The van der Waals surface area contributed by atoms with Gasteiger partial charge in [-0.2, -0.15) is 0 Å². The van der Waals surface area contributed by atoms with Crippen LogP contribution in [-0.2, 0) is 0 Å². The largest absolute Gasteiger partial charge is 0.315 e. The summed E-state index contributed by atoms with van der Waals surface area (Å²) in [6.45, 7) is 12.3. The quantitative estimate of drug-likeness (QED) is 0.835. The summed E-state index contributed by atoms with van der Waals surface area (Å²) in [6, 6.07) is 1.42. The molecule has 2 unspecified atom stereocenters. The molecule has 1 heterocycles. The van der Waals surface area contributed by atoms with E-state index in [0.717, 1.165) is 6.04 Å². The Bertz CT molecular complexity index is 297. The number of likely N-dealkylation sites (N-methyl/N-ethyl adjacent to an activating group) is 1. The van der Waals surface area contributed by atoms with Crippen molar-refractivity contribution in [1.29, 1.82) is 0 Å². The van der Waals surface area contributed by atoms with Gasteiger partial charge in [-0.3, -0.25) is 4.90 Å². The summed E-state index contributed by atoms with van der Waals surface area (Å²) in [7, 11) is 2.16. The van der Waals surface area contributed by atoms with Crippen molar-refractivity contribution in [2.45, 2.75) is 84.7 Å². The van der Waals surface area contributed by atoms with Crippen molar-refractivity contribution in [3.05, 3.63) is 0 Å². The SMILES string of the molecule is CCC1(CC)CCN(C2CCCC(C)(C)C2NC)CC1. The molecule has 2 atom stereocenters. The molecule has 1 aliphatic heterocycles. The number of likely N-dealkylation sites (tertiary alicyclic amines) is 1. The van der Waals surface area contributed by atoms with E-state index >= 15 is 0 Å². The zero-order valence-corrected chi connectivity index (χ0v) is 14.5. The lowest BCUT2D eigenvalue weighted by molar-refractivity contribution is 0.00732. The first kappa shape index (κ1) is 16.3. The molecule has 1 aliphatic carbocycles. The van der Waals surface area contributed by atoms with E-state index in [-0.39, 0.29) is 0 Å². The van der Waals surface area contributed by atoms with Crippen LogP contribution in [0.3, 0.4) is 0 Å². The molecule has 0 spiro atoms. The third kappa shape index (κ3) is 3.06. The molecule has 2 rings (SSSR count). The Morgan fingerprint density at radius 3 is 2.15 bits per heavy atom. The standard InChI is InChI=1S/C18H36N2/c1-6-18(7-2)11-13-20(14-12-18)15-9-8-10-17(3,4)16(15)19-5/h15-16,19H,6-14H2,1-5H3. The van der Waals surface area contributed by atoms with Gasteiger partial charge in [0.25, 0.3) is 0 Å². The molecule has 0 radical (unpaired) electrons. The third-order valence-electron chi connectivity index (χ3n) is 6.69. The van der Waals surface area contributed by atoms with Gasteiger partial charge in [-0.15, -0.1) is 0 Å². The van der Waals surface area contributed by atoms with Crippen LogP contribution in [0, 0.1) is 10.8 Å². The van der Waals surface area contributed by atoms with Crippen molar-refractivity contribution < 1.29 is 0 Å². The van der Waals surface area contributed by atoms with Crippen LogP contribution >= 0.6 is 0 Å². The summed E-state index contributed by atoms with van der Waals surface area (Å²) in [5.74, 6) is 0. The lowest BCUT2D eigenvalue weighted by atomic mass is 9.68. The maximum atomic E-state index is 3.65. The van der Waals surface area contributed by atoms with E-state index < -0.39 is 0 Å². The maximum absolute atomic E-state index is 3.65. The summed E-state index contributed by atoms with van der Waals surface area (Å²) in [5.41, 5.74) is 1.09. The average molecular weight is 281 g/mol. The zero-order valence-electron chi connectivity index (χ0n) is 14.5. The molecular weight excluding hydrogens is 244 g/mol. The molecule has 0 aromatic carbocycles. The Balaban J connectivity index is 2.02. The van der Waals surface area contributed by atoms with Crippen molar-refractivity contribution in [3.8, 4) is 0 Å². The van der Waals surface area contributed by atoms with Gasteiger partial charge in [-0.05, 0) is 56.7 Å². The molecule has 2 fully saturated rings. The molecular formula is C18H36N2. The number of hydrogen-bond acceptors (Lipinski definition) is 2. The Hall–Kier alpha value is -0.0800. The van der Waals surface area contributed by atoms with E-state index in [0.29, 0.717) is 16.9 Å². The molecule has 118 valence electrons. The third-order valence-corrected chi connectivity index (χ3v) is 6.69. The van der Waals surface area contributed by atoms with Crippen LogP contribution in [0.4, 0.5) is 0 Å². The fourth-order valence-corrected chi connectivity index (χ4v) is 4.87. The molecule has 2 aliphatic rings. The van der Waals surface area contributed by atoms with Gasteiger partial charge in [0.05, 0.1) is 0 Å². The lowest BCUT2D eigenvalue weighted by Crippen LogP contribution is -2.59. The fourth-order valence-electron chi connectivity index (χ4n) is 4.87. The summed E-state index contributed by atoms with van der Waals surface area (Å²) in [4.78, 5) is 2.81. The molecule has 2 nitrogen and oxygen atoms in total. The fraction of sp³-hybridized carbons (Fsp3) is 1.00. The summed E-state index contributed by atoms with van der Waals surface area (Å²) in [6.07, 6.45) is 9.71. The molecule has 1 saturated heterocycles. The normalized spacial score (nSPS) is 34.0. The van der Waals surface area contributed by atoms with Gasteiger partial charge < -0.3 is 5.32 Å². The van der Waals surface area contributed by atoms with Gasteiger partial charge in [0.1, 0.15) is 0 Å². The number of piperidine rings is 1. The maximum Gasteiger partial charge on any atom is 0.0271 e. The van der Waals surface area contributed by atoms with Gasteiger partial charge in [-0.25, -0.2) is 0 Å². The van der Waals surface area contributed by atoms with Gasteiger partial charge >= 0.3 is 0 Å². The molecule has 20 heavy (non-hydrogen) atoms. The van der Waals surface area contributed by atoms with Crippen molar-refractivity contribution in [2.24, 2.45) is 10.8 Å². The molecule has 1 N–H and O–H groups in total. The van der Waals surface area contributed by atoms with Crippen molar-refractivity contribution in [3.63, 3.8) is 0 Å². The minimum atomic E-state index is 0.446. The van der Waals surface area contributed by atoms with Crippen LogP contribution in [0.5, 0.6) is 0 Å². The highest BCUT2D eigenvalue weighted by Gasteiger charge is 2.42. The second kappa shape index (κ2) is 6.36. The van der Waals surface area contributed by atoms with E-state index in [1.54, 1.807) is 0 Å². The molecule has 1 saturated carbocycles. The number of nitrogens with zero attached hydrogens (tertiary/aromatic N) is 1. The number of hydrogen-bond donors (Lipinski definition) is 1. The van der Waals surface area contributed by atoms with Gasteiger partial charge in [0.15, 0.2) is 0 Å². The van der Waals surface area contributed by atoms with Crippen LogP contribution in [0.25, 0.3) is 0 Å². The second-order valence-corrected chi connectivity index (χ2v) is 7.96. The van der Waals surface area contributed by atoms with Crippen molar-refractivity contribution in [2.75, 3.05) is 20.1 Å². The molecule has 0 aromatic heterocycles. The van der Waals surface area contributed by atoms with Crippen LogP contribution in [0.15, 0.2) is 0 Å². The van der Waals surface area contributed by atoms with Crippen LogP contribution in [-0.4, -0.2) is 37.1 Å². The molecule has 2 heteroatoms. The van der Waals surface area contributed by atoms with Crippen molar-refractivity contribution in [1.82, 2.24) is 10.2 Å². The molecule has 0 aromatic rings. The van der Waals surface area contributed by atoms with E-state index in [1.807, 2.05) is 0 Å². The van der Waals surface area contributed by atoms with E-state index in [2.05, 4.69) is 45.0 Å². The average Bonchev–Trinajstić information content (AvgIpc) is 2.46. The Morgan fingerprint density at radius 1 is 1.05 bits per heavy atom. The zero-order chi connectivity index (χ0) is 14.8. The first-order valence-electron chi connectivity index (χ1n) is 8.89. The first-order valence-corrected chi connectivity index (χ1v) is 8.89. The van der Waals surface area contributed by atoms with E-state index in [1.165, 1.54) is 58.0 Å². The highest BCUT2D eigenvalue weighted by Crippen LogP contribution is 2.42. The predicted molar refractivity (Wildman–Crippen MR) is 88.1 cm³/mol. The summed E-state index contributed by atoms with van der Waals surface area (Å²) >= 11 is 0. The van der Waals surface area contributed by atoms with E-state index in [4.69, 9.17) is 0 Å². The minimum Gasteiger partial charge on any atom is -0.315 e.